The molecule has 2 heterocycles. The van der Waals surface area contributed by atoms with Crippen molar-refractivity contribution in [2.45, 2.75) is 6.54 Å². The molecule has 1 fully saturated rings. The molecule has 2 aromatic carbocycles. The second-order valence-electron chi connectivity index (χ2n) is 6.68. The number of phenols is 1. The Balaban J connectivity index is 1.43. The minimum Gasteiger partial charge on any atom is -0.506 e. The van der Waals surface area contributed by atoms with Crippen molar-refractivity contribution in [1.82, 2.24) is 9.88 Å². The smallest absolute Gasteiger partial charge is 0.269 e. The average Bonchev–Trinajstić information content (AvgIpc) is 2.71. The zero-order valence-corrected chi connectivity index (χ0v) is 14.8. The number of aromatic nitrogens is 1. The average molecular weight is 364 g/mol. The first-order chi connectivity index (χ1) is 13.1. The number of non-ortho nitro benzene ring substituents is 1. The molecule has 0 spiro atoms. The second-order valence-corrected chi connectivity index (χ2v) is 6.68. The Bertz CT molecular complexity index is 967. The zero-order valence-electron chi connectivity index (χ0n) is 14.8. The highest BCUT2D eigenvalue weighted by atomic mass is 16.6. The summed E-state index contributed by atoms with van der Waals surface area (Å²) >= 11 is 0. The summed E-state index contributed by atoms with van der Waals surface area (Å²) < 4.78 is 0. The molecule has 138 valence electrons. The van der Waals surface area contributed by atoms with E-state index in [1.54, 1.807) is 24.4 Å². The zero-order chi connectivity index (χ0) is 18.8. The largest absolute Gasteiger partial charge is 0.506 e. The Morgan fingerprint density at radius 2 is 1.78 bits per heavy atom. The summed E-state index contributed by atoms with van der Waals surface area (Å²) in [5, 5.41) is 21.8. The number of pyridine rings is 1. The molecule has 0 bridgehead atoms. The molecular weight excluding hydrogens is 344 g/mol. The maximum atomic E-state index is 10.8. The fourth-order valence-corrected chi connectivity index (χ4v) is 3.54. The van der Waals surface area contributed by atoms with E-state index in [-0.39, 0.29) is 16.4 Å². The van der Waals surface area contributed by atoms with Crippen LogP contribution < -0.4 is 4.90 Å². The molecule has 7 nitrogen and oxygen atoms in total. The van der Waals surface area contributed by atoms with Crippen molar-refractivity contribution in [2.75, 3.05) is 31.1 Å². The minimum absolute atomic E-state index is 0.116. The van der Waals surface area contributed by atoms with Gasteiger partial charge in [0.25, 0.3) is 5.69 Å². The quantitative estimate of drug-likeness (QED) is 0.566. The summed E-state index contributed by atoms with van der Waals surface area (Å²) in [5.41, 5.74) is 2.92. The first-order valence-electron chi connectivity index (χ1n) is 8.89. The molecule has 1 N–H and O–H groups in total. The molecule has 4 rings (SSSR count). The number of hydrogen-bond donors (Lipinski definition) is 1. The lowest BCUT2D eigenvalue weighted by molar-refractivity contribution is -0.384. The van der Waals surface area contributed by atoms with Gasteiger partial charge in [0.2, 0.25) is 0 Å². The van der Waals surface area contributed by atoms with Gasteiger partial charge in [-0.3, -0.25) is 20.0 Å². The first kappa shape index (κ1) is 17.2. The topological polar surface area (TPSA) is 82.7 Å². The number of aromatic hydroxyl groups is 1. The number of hydrogen-bond acceptors (Lipinski definition) is 6. The summed E-state index contributed by atoms with van der Waals surface area (Å²) in [6.45, 7) is 4.34. The maximum absolute atomic E-state index is 10.8. The number of benzene rings is 2. The number of nitro benzene ring substituents is 1. The van der Waals surface area contributed by atoms with Gasteiger partial charge in [0, 0.05) is 62.1 Å². The van der Waals surface area contributed by atoms with Crippen molar-refractivity contribution in [3.8, 4) is 5.75 Å². The van der Waals surface area contributed by atoms with Gasteiger partial charge >= 0.3 is 0 Å². The van der Waals surface area contributed by atoms with E-state index in [0.717, 1.165) is 49.4 Å². The van der Waals surface area contributed by atoms with Gasteiger partial charge in [0.05, 0.1) is 4.92 Å². The van der Waals surface area contributed by atoms with Crippen molar-refractivity contribution in [2.24, 2.45) is 0 Å². The maximum Gasteiger partial charge on any atom is 0.269 e. The van der Waals surface area contributed by atoms with Crippen molar-refractivity contribution in [1.29, 1.82) is 0 Å². The third-order valence-electron chi connectivity index (χ3n) is 5.03. The van der Waals surface area contributed by atoms with Crippen molar-refractivity contribution >= 4 is 22.3 Å². The molecule has 1 aliphatic rings. The lowest BCUT2D eigenvalue weighted by Gasteiger charge is -2.36. The molecule has 3 aromatic rings. The summed E-state index contributed by atoms with van der Waals surface area (Å²) in [7, 11) is 0. The van der Waals surface area contributed by atoms with Crippen LogP contribution in [-0.2, 0) is 6.54 Å². The molecule has 1 aromatic heterocycles. The van der Waals surface area contributed by atoms with Gasteiger partial charge < -0.3 is 10.0 Å². The number of nitro groups is 1. The SMILES string of the molecule is O=[N+]([O-])c1ccc(N2CCN(Cc3ccc(O)c4ncccc34)CC2)cc1. The van der Waals surface area contributed by atoms with E-state index >= 15 is 0 Å². The molecule has 0 saturated carbocycles. The van der Waals surface area contributed by atoms with E-state index in [2.05, 4.69) is 14.8 Å². The van der Waals surface area contributed by atoms with Crippen LogP contribution >= 0.6 is 0 Å². The van der Waals surface area contributed by atoms with Crippen LogP contribution in [0.2, 0.25) is 0 Å². The number of piperazine rings is 1. The van der Waals surface area contributed by atoms with Crippen LogP contribution in [0.4, 0.5) is 11.4 Å². The van der Waals surface area contributed by atoms with Gasteiger partial charge in [-0.25, -0.2) is 0 Å². The van der Waals surface area contributed by atoms with Crippen LogP contribution in [0.5, 0.6) is 5.75 Å². The highest BCUT2D eigenvalue weighted by molar-refractivity contribution is 5.87. The third kappa shape index (κ3) is 3.54. The number of anilines is 1. The molecule has 1 aliphatic heterocycles. The standard InChI is InChI=1S/C20H20N4O3/c25-19-8-3-15(18-2-1-9-21-20(18)19)14-22-10-12-23(13-11-22)16-4-6-17(7-5-16)24(26)27/h1-9,25H,10-14H2. The highest BCUT2D eigenvalue weighted by Crippen LogP contribution is 2.27. The third-order valence-corrected chi connectivity index (χ3v) is 5.03. The summed E-state index contributed by atoms with van der Waals surface area (Å²) in [5.74, 6) is 0.206. The molecule has 0 aliphatic carbocycles. The van der Waals surface area contributed by atoms with Crippen LogP contribution in [0.25, 0.3) is 10.9 Å². The Morgan fingerprint density at radius 3 is 2.48 bits per heavy atom. The predicted octanol–water partition coefficient (Wildman–Crippen LogP) is 3.17. The van der Waals surface area contributed by atoms with E-state index in [0.29, 0.717) is 5.52 Å². The molecule has 0 atom stereocenters. The minimum atomic E-state index is -0.376. The molecule has 7 heteroatoms. The van der Waals surface area contributed by atoms with Crippen LogP contribution in [0.3, 0.4) is 0 Å². The summed E-state index contributed by atoms with van der Waals surface area (Å²) in [6.07, 6.45) is 1.69. The van der Waals surface area contributed by atoms with Crippen LogP contribution in [-0.4, -0.2) is 46.1 Å². The Hall–Kier alpha value is -3.19. The van der Waals surface area contributed by atoms with E-state index in [1.807, 2.05) is 30.3 Å². The normalized spacial score (nSPS) is 15.2. The van der Waals surface area contributed by atoms with Crippen molar-refractivity contribution in [3.63, 3.8) is 0 Å². The van der Waals surface area contributed by atoms with E-state index in [9.17, 15) is 15.2 Å². The number of nitrogens with zero attached hydrogens (tertiary/aromatic N) is 4. The van der Waals surface area contributed by atoms with E-state index < -0.39 is 0 Å². The Labute approximate surface area is 156 Å². The molecule has 0 radical (unpaired) electrons. The Morgan fingerprint density at radius 1 is 1.04 bits per heavy atom. The fraction of sp³-hybridized carbons (Fsp3) is 0.250. The number of fused-ring (bicyclic) bond motifs is 1. The summed E-state index contributed by atoms with van der Waals surface area (Å²) in [4.78, 5) is 19.3. The number of rotatable bonds is 4. The van der Waals surface area contributed by atoms with Crippen molar-refractivity contribution in [3.05, 3.63) is 70.4 Å². The van der Waals surface area contributed by atoms with E-state index in [1.165, 1.54) is 0 Å². The molecule has 0 amide bonds. The van der Waals surface area contributed by atoms with Gasteiger partial charge in [-0.05, 0) is 29.8 Å². The van der Waals surface area contributed by atoms with Gasteiger partial charge in [0.1, 0.15) is 11.3 Å². The highest BCUT2D eigenvalue weighted by Gasteiger charge is 2.19. The Kier molecular flexibility index (Phi) is 4.60. The predicted molar refractivity (Wildman–Crippen MR) is 104 cm³/mol. The van der Waals surface area contributed by atoms with Gasteiger partial charge in [-0.2, -0.15) is 0 Å². The van der Waals surface area contributed by atoms with Gasteiger partial charge in [0.15, 0.2) is 0 Å². The number of phenolic OH excluding ortho intramolecular Hbond substituents is 1. The lowest BCUT2D eigenvalue weighted by Crippen LogP contribution is -2.45. The molecular formula is C20H20N4O3. The molecule has 27 heavy (non-hydrogen) atoms. The van der Waals surface area contributed by atoms with Crippen LogP contribution in [0.1, 0.15) is 5.56 Å². The van der Waals surface area contributed by atoms with Crippen LogP contribution in [0.15, 0.2) is 54.7 Å². The monoisotopic (exact) mass is 364 g/mol. The summed E-state index contributed by atoms with van der Waals surface area (Å²) in [6, 6.07) is 14.3. The van der Waals surface area contributed by atoms with Gasteiger partial charge in [-0.1, -0.05) is 12.1 Å². The fourth-order valence-electron chi connectivity index (χ4n) is 3.54. The van der Waals surface area contributed by atoms with Crippen LogP contribution in [0, 0.1) is 10.1 Å². The molecule has 0 unspecified atom stereocenters. The van der Waals surface area contributed by atoms with Gasteiger partial charge in [-0.15, -0.1) is 0 Å². The molecule has 1 saturated heterocycles. The van der Waals surface area contributed by atoms with E-state index in [4.69, 9.17) is 0 Å². The second kappa shape index (κ2) is 7.20. The lowest BCUT2D eigenvalue weighted by atomic mass is 10.1. The first-order valence-corrected chi connectivity index (χ1v) is 8.89. The van der Waals surface area contributed by atoms with Crippen molar-refractivity contribution < 1.29 is 10.0 Å².